The second-order valence-corrected chi connectivity index (χ2v) is 7.07. The van der Waals surface area contributed by atoms with Gasteiger partial charge in [-0.25, -0.2) is 8.42 Å². The molecule has 8 heteroatoms. The van der Waals surface area contributed by atoms with Gasteiger partial charge in [0.25, 0.3) is 0 Å². The predicted molar refractivity (Wildman–Crippen MR) is 69.8 cm³/mol. The summed E-state index contributed by atoms with van der Waals surface area (Å²) < 4.78 is 31.5. The highest BCUT2D eigenvalue weighted by molar-refractivity contribution is 7.89. The maximum Gasteiger partial charge on any atom is 0.324 e. The molecule has 0 bridgehead atoms. The third kappa shape index (κ3) is 2.12. The third-order valence-corrected chi connectivity index (χ3v) is 6.07. The summed E-state index contributed by atoms with van der Waals surface area (Å²) in [6, 6.07) is 0. The van der Waals surface area contributed by atoms with Crippen molar-refractivity contribution in [2.24, 2.45) is 0 Å². The Balaban J connectivity index is 2.55. The average Bonchev–Trinajstić information content (AvgIpc) is 2.69. The molecule has 1 saturated heterocycles. The fraction of sp³-hybridized carbons (Fsp3) is 0.667. The van der Waals surface area contributed by atoms with E-state index in [1.807, 2.05) is 0 Å². The van der Waals surface area contributed by atoms with Crippen LogP contribution < -0.4 is 0 Å². The van der Waals surface area contributed by atoms with Crippen LogP contribution in [0.15, 0.2) is 9.42 Å². The maximum atomic E-state index is 12.8. The Kier molecular flexibility index (Phi) is 3.64. The van der Waals surface area contributed by atoms with Crippen LogP contribution in [0.4, 0.5) is 0 Å². The van der Waals surface area contributed by atoms with Gasteiger partial charge in [-0.3, -0.25) is 4.79 Å². The molecule has 0 aliphatic carbocycles. The molecule has 0 radical (unpaired) electrons. The number of hydrogen-bond acceptors (Lipinski definition) is 5. The Hall–Kier alpha value is -1.41. The van der Waals surface area contributed by atoms with Gasteiger partial charge >= 0.3 is 5.97 Å². The first kappa shape index (κ1) is 15.0. The zero-order chi connectivity index (χ0) is 15.1. The molecule has 2 rings (SSSR count). The number of carboxylic acid groups (broad SMARTS) is 1. The normalized spacial score (nSPS) is 24.8. The molecule has 112 valence electrons. The van der Waals surface area contributed by atoms with E-state index in [2.05, 4.69) is 5.16 Å². The molecule has 1 aromatic heterocycles. The predicted octanol–water partition coefficient (Wildman–Crippen LogP) is 1.31. The lowest BCUT2D eigenvalue weighted by Gasteiger charge is -2.40. The standard InChI is InChI=1S/C12H18N2O5S/c1-8-10(9(2)19-13-8)20(17,18)14-7-5-4-6-12(14,3)11(15)16/h4-7H2,1-3H3,(H,15,16). The van der Waals surface area contributed by atoms with E-state index in [9.17, 15) is 18.3 Å². The molecule has 0 spiro atoms. The van der Waals surface area contributed by atoms with Crippen LogP contribution in [0, 0.1) is 13.8 Å². The lowest BCUT2D eigenvalue weighted by molar-refractivity contribution is -0.149. The Morgan fingerprint density at radius 1 is 1.40 bits per heavy atom. The van der Waals surface area contributed by atoms with Crippen molar-refractivity contribution in [3.63, 3.8) is 0 Å². The van der Waals surface area contributed by atoms with Gasteiger partial charge in [0, 0.05) is 6.54 Å². The summed E-state index contributed by atoms with van der Waals surface area (Å²) in [7, 11) is -3.94. The summed E-state index contributed by atoms with van der Waals surface area (Å²) in [6.07, 6.45) is 1.63. The minimum absolute atomic E-state index is 0.0214. The molecule has 7 nitrogen and oxygen atoms in total. The summed E-state index contributed by atoms with van der Waals surface area (Å²) in [5.41, 5.74) is -1.17. The lowest BCUT2D eigenvalue weighted by Crippen LogP contribution is -2.57. The Labute approximate surface area is 117 Å². The van der Waals surface area contributed by atoms with E-state index in [-0.39, 0.29) is 22.9 Å². The molecule has 1 atom stereocenters. The zero-order valence-corrected chi connectivity index (χ0v) is 12.5. The molecule has 1 aliphatic rings. The fourth-order valence-electron chi connectivity index (χ4n) is 2.65. The van der Waals surface area contributed by atoms with E-state index < -0.39 is 21.5 Å². The van der Waals surface area contributed by atoms with Crippen molar-refractivity contribution in [3.8, 4) is 0 Å². The van der Waals surface area contributed by atoms with Crippen LogP contribution in [0.3, 0.4) is 0 Å². The minimum Gasteiger partial charge on any atom is -0.480 e. The van der Waals surface area contributed by atoms with E-state index in [1.165, 1.54) is 20.8 Å². The minimum atomic E-state index is -3.94. The molecule has 1 unspecified atom stereocenters. The van der Waals surface area contributed by atoms with Gasteiger partial charge in [0.2, 0.25) is 10.0 Å². The Morgan fingerprint density at radius 3 is 2.55 bits per heavy atom. The van der Waals surface area contributed by atoms with Crippen molar-refractivity contribution in [2.75, 3.05) is 6.54 Å². The van der Waals surface area contributed by atoms with Gasteiger partial charge in [-0.2, -0.15) is 4.31 Å². The lowest BCUT2D eigenvalue weighted by atomic mass is 9.91. The van der Waals surface area contributed by atoms with Crippen molar-refractivity contribution in [3.05, 3.63) is 11.5 Å². The molecule has 1 aliphatic heterocycles. The Morgan fingerprint density at radius 2 is 2.05 bits per heavy atom. The second-order valence-electron chi connectivity index (χ2n) is 5.27. The van der Waals surface area contributed by atoms with Crippen molar-refractivity contribution in [2.45, 2.75) is 50.5 Å². The zero-order valence-electron chi connectivity index (χ0n) is 11.7. The van der Waals surface area contributed by atoms with E-state index in [4.69, 9.17) is 4.52 Å². The number of hydrogen-bond donors (Lipinski definition) is 1. The molecule has 2 heterocycles. The van der Waals surface area contributed by atoms with Crippen LogP contribution in [0.5, 0.6) is 0 Å². The first-order chi connectivity index (χ1) is 9.21. The second kappa shape index (κ2) is 4.85. The molecule has 0 aromatic carbocycles. The highest BCUT2D eigenvalue weighted by Gasteiger charge is 2.49. The van der Waals surface area contributed by atoms with Gasteiger partial charge in [-0.15, -0.1) is 0 Å². The van der Waals surface area contributed by atoms with Crippen molar-refractivity contribution in [1.82, 2.24) is 9.46 Å². The van der Waals surface area contributed by atoms with Crippen LogP contribution in [0.1, 0.15) is 37.6 Å². The van der Waals surface area contributed by atoms with Gasteiger partial charge in [0.05, 0.1) is 0 Å². The SMILES string of the molecule is Cc1noc(C)c1S(=O)(=O)N1CCCCC1(C)C(=O)O. The molecular weight excluding hydrogens is 284 g/mol. The average molecular weight is 302 g/mol. The molecule has 20 heavy (non-hydrogen) atoms. The van der Waals surface area contributed by atoms with Crippen LogP contribution in [0.2, 0.25) is 0 Å². The van der Waals surface area contributed by atoms with E-state index in [0.717, 1.165) is 4.31 Å². The first-order valence-corrected chi connectivity index (χ1v) is 7.84. The highest BCUT2D eigenvalue weighted by atomic mass is 32.2. The quantitative estimate of drug-likeness (QED) is 0.903. The number of aryl methyl sites for hydroxylation is 2. The van der Waals surface area contributed by atoms with Crippen molar-refractivity contribution < 1.29 is 22.8 Å². The van der Waals surface area contributed by atoms with Gasteiger partial charge < -0.3 is 9.63 Å². The maximum absolute atomic E-state index is 12.8. The summed E-state index contributed by atoms with van der Waals surface area (Å²) >= 11 is 0. The van der Waals surface area contributed by atoms with Gasteiger partial charge in [0.1, 0.15) is 16.1 Å². The summed E-state index contributed by atoms with van der Waals surface area (Å²) in [5, 5.41) is 13.1. The van der Waals surface area contributed by atoms with E-state index in [1.54, 1.807) is 0 Å². The fourth-order valence-corrected chi connectivity index (χ4v) is 4.75. The van der Waals surface area contributed by atoms with Crippen LogP contribution in [0.25, 0.3) is 0 Å². The summed E-state index contributed by atoms with van der Waals surface area (Å²) in [4.78, 5) is 11.5. The molecular formula is C12H18N2O5S. The smallest absolute Gasteiger partial charge is 0.324 e. The summed E-state index contributed by atoms with van der Waals surface area (Å²) in [6.45, 7) is 4.68. The van der Waals surface area contributed by atoms with Crippen LogP contribution in [-0.4, -0.2) is 41.0 Å². The number of nitrogens with zero attached hydrogens (tertiary/aromatic N) is 2. The molecule has 1 aromatic rings. The molecule has 1 fully saturated rings. The summed E-state index contributed by atoms with van der Waals surface area (Å²) in [5.74, 6) is -0.951. The van der Waals surface area contributed by atoms with E-state index in [0.29, 0.717) is 19.3 Å². The molecule has 1 N–H and O–H groups in total. The van der Waals surface area contributed by atoms with Crippen molar-refractivity contribution in [1.29, 1.82) is 0 Å². The van der Waals surface area contributed by atoms with E-state index >= 15 is 0 Å². The monoisotopic (exact) mass is 302 g/mol. The van der Waals surface area contributed by atoms with Crippen LogP contribution >= 0.6 is 0 Å². The van der Waals surface area contributed by atoms with Gasteiger partial charge in [0.15, 0.2) is 5.76 Å². The Bertz CT molecular complexity index is 617. The number of carbonyl (C=O) groups is 1. The van der Waals surface area contributed by atoms with Crippen molar-refractivity contribution >= 4 is 16.0 Å². The number of piperidine rings is 1. The number of carboxylic acids is 1. The van der Waals surface area contributed by atoms with Crippen LogP contribution in [-0.2, 0) is 14.8 Å². The van der Waals surface area contributed by atoms with Gasteiger partial charge in [-0.1, -0.05) is 5.16 Å². The van der Waals surface area contributed by atoms with Gasteiger partial charge in [-0.05, 0) is 40.0 Å². The topological polar surface area (TPSA) is 101 Å². The first-order valence-electron chi connectivity index (χ1n) is 6.40. The number of aliphatic carboxylic acids is 1. The number of sulfonamides is 1. The largest absolute Gasteiger partial charge is 0.480 e. The number of rotatable bonds is 3. The highest BCUT2D eigenvalue weighted by Crippen LogP contribution is 2.35. The molecule has 0 saturated carbocycles. The molecule has 0 amide bonds. The third-order valence-electron chi connectivity index (χ3n) is 3.80. The number of aromatic nitrogens is 1.